The van der Waals surface area contributed by atoms with Gasteiger partial charge in [-0.2, -0.15) is 0 Å². The average Bonchev–Trinajstić information content (AvgIpc) is 1.63. The Balaban J connectivity index is 3.58. The van der Waals surface area contributed by atoms with Crippen molar-refractivity contribution in [1.82, 2.24) is 0 Å². The minimum absolute atomic E-state index is 0.0949. The first-order valence-corrected chi connectivity index (χ1v) is 6.05. The van der Waals surface area contributed by atoms with Crippen LogP contribution in [0.3, 0.4) is 0 Å². The van der Waals surface area contributed by atoms with Crippen LogP contribution in [-0.4, -0.2) is 6.97 Å². The number of halogens is 4. The first-order chi connectivity index (χ1) is 3.98. The topological polar surface area (TPSA) is 0 Å². The molecule has 0 bridgehead atoms. The highest BCUT2D eigenvalue weighted by molar-refractivity contribution is 9.26. The molecule has 0 saturated carbocycles. The highest BCUT2D eigenvalue weighted by atomic mass is 79.9. The summed E-state index contributed by atoms with van der Waals surface area (Å²) in [5.41, 5.74) is 0. The lowest BCUT2D eigenvalue weighted by Crippen LogP contribution is -2.12. The summed E-state index contributed by atoms with van der Waals surface area (Å²) in [6, 6.07) is 0. The van der Waals surface area contributed by atoms with E-state index in [-0.39, 0.29) is 3.23 Å². The largest absolute Gasteiger partial charge is 0.0821 e. The van der Waals surface area contributed by atoms with Crippen molar-refractivity contribution in [2.45, 2.75) is 26.7 Å². The van der Waals surface area contributed by atoms with Crippen LogP contribution in [0, 0.1) is 0 Å². The molecule has 0 aliphatic carbocycles. The minimum atomic E-state index is 0.0949. The maximum Gasteiger partial charge on any atom is 0.0821 e. The van der Waals surface area contributed by atoms with Crippen LogP contribution in [0.15, 0.2) is 0 Å². The molecule has 0 amide bonds. The van der Waals surface area contributed by atoms with Gasteiger partial charge in [-0.25, -0.2) is 0 Å². The van der Waals surface area contributed by atoms with Gasteiger partial charge in [0.1, 0.15) is 0 Å². The Labute approximate surface area is 89.7 Å². The van der Waals surface area contributed by atoms with Crippen molar-refractivity contribution in [3.63, 3.8) is 0 Å². The van der Waals surface area contributed by atoms with Crippen LogP contribution >= 0.6 is 63.7 Å². The molecule has 56 valence electrons. The Morgan fingerprint density at radius 3 is 1.89 bits per heavy atom. The van der Waals surface area contributed by atoms with Crippen molar-refractivity contribution in [3.05, 3.63) is 0 Å². The quantitative estimate of drug-likeness (QED) is 0.630. The molecule has 0 N–H and O–H groups in total. The van der Waals surface area contributed by atoms with Crippen LogP contribution in [0.5, 0.6) is 0 Å². The lowest BCUT2D eigenvalue weighted by Gasteiger charge is -2.18. The SMILES string of the molecule is CCC(Br)(Br)CC(Br)Br. The molecule has 0 radical (unpaired) electrons. The predicted molar refractivity (Wildman–Crippen MR) is 57.1 cm³/mol. The molecule has 0 nitrogen and oxygen atoms in total. The number of hydrogen-bond donors (Lipinski definition) is 0. The summed E-state index contributed by atoms with van der Waals surface area (Å²) < 4.78 is 0.473. The van der Waals surface area contributed by atoms with Crippen molar-refractivity contribution < 1.29 is 0 Å². The Morgan fingerprint density at radius 2 is 1.78 bits per heavy atom. The molecule has 0 atom stereocenters. The average molecular weight is 388 g/mol. The Kier molecular flexibility index (Phi) is 5.74. The van der Waals surface area contributed by atoms with E-state index < -0.39 is 0 Å². The van der Waals surface area contributed by atoms with Crippen molar-refractivity contribution in [2.75, 3.05) is 0 Å². The van der Waals surface area contributed by atoms with E-state index in [1.165, 1.54) is 0 Å². The molecule has 0 aromatic carbocycles. The molecule has 0 fully saturated rings. The zero-order chi connectivity index (χ0) is 7.49. The van der Waals surface area contributed by atoms with Crippen LogP contribution < -0.4 is 0 Å². The zero-order valence-corrected chi connectivity index (χ0v) is 11.3. The standard InChI is InChI=1S/C5H8Br4/c1-2-5(8,9)3-4(6)7/h4H,2-3H2,1H3. The summed E-state index contributed by atoms with van der Waals surface area (Å²) >= 11 is 13.9. The molecule has 0 saturated heterocycles. The summed E-state index contributed by atoms with van der Waals surface area (Å²) in [5, 5.41) is 0. The van der Waals surface area contributed by atoms with E-state index in [1.807, 2.05) is 0 Å². The number of rotatable bonds is 3. The maximum absolute atomic E-state index is 3.54. The van der Waals surface area contributed by atoms with Gasteiger partial charge in [-0.1, -0.05) is 70.6 Å². The van der Waals surface area contributed by atoms with E-state index in [0.29, 0.717) is 3.74 Å². The van der Waals surface area contributed by atoms with Crippen LogP contribution in [0.4, 0.5) is 0 Å². The van der Waals surface area contributed by atoms with Gasteiger partial charge in [0.05, 0.1) is 6.97 Å². The molecular weight excluding hydrogens is 380 g/mol. The van der Waals surface area contributed by atoms with E-state index in [9.17, 15) is 0 Å². The molecule has 4 heteroatoms. The van der Waals surface area contributed by atoms with Crippen LogP contribution in [0.25, 0.3) is 0 Å². The smallest absolute Gasteiger partial charge is 0.0764 e. The summed E-state index contributed by atoms with van der Waals surface area (Å²) in [5.74, 6) is 0. The number of alkyl halides is 4. The molecule has 0 aliphatic heterocycles. The summed E-state index contributed by atoms with van der Waals surface area (Å²) in [6.45, 7) is 2.13. The Bertz CT molecular complexity index is 79.0. The van der Waals surface area contributed by atoms with E-state index in [4.69, 9.17) is 0 Å². The van der Waals surface area contributed by atoms with Gasteiger partial charge in [-0.3, -0.25) is 0 Å². The van der Waals surface area contributed by atoms with Crippen LogP contribution in [0.2, 0.25) is 0 Å². The van der Waals surface area contributed by atoms with E-state index >= 15 is 0 Å². The second-order valence-electron chi connectivity index (χ2n) is 1.80. The number of hydrogen-bond acceptors (Lipinski definition) is 0. The van der Waals surface area contributed by atoms with Gasteiger partial charge in [-0.05, 0) is 12.8 Å². The molecule has 0 rings (SSSR count). The summed E-state index contributed by atoms with van der Waals surface area (Å²) in [7, 11) is 0. The van der Waals surface area contributed by atoms with Gasteiger partial charge in [0.2, 0.25) is 0 Å². The van der Waals surface area contributed by atoms with Gasteiger partial charge in [0.25, 0.3) is 0 Å². The maximum atomic E-state index is 3.54. The lowest BCUT2D eigenvalue weighted by atomic mass is 10.3. The highest BCUT2D eigenvalue weighted by Crippen LogP contribution is 2.37. The Morgan fingerprint density at radius 1 is 1.33 bits per heavy atom. The van der Waals surface area contributed by atoms with Crippen molar-refractivity contribution in [3.8, 4) is 0 Å². The fourth-order valence-corrected chi connectivity index (χ4v) is 3.86. The summed E-state index contributed by atoms with van der Waals surface area (Å²) in [6.07, 6.45) is 2.09. The summed E-state index contributed by atoms with van der Waals surface area (Å²) in [4.78, 5) is 0. The normalized spacial score (nSPS) is 12.7. The third-order valence-corrected chi connectivity index (χ3v) is 3.39. The van der Waals surface area contributed by atoms with Crippen LogP contribution in [-0.2, 0) is 0 Å². The van der Waals surface area contributed by atoms with Gasteiger partial charge in [-0.15, -0.1) is 0 Å². The van der Waals surface area contributed by atoms with Crippen LogP contribution in [0.1, 0.15) is 19.8 Å². The second kappa shape index (κ2) is 4.73. The lowest BCUT2D eigenvalue weighted by molar-refractivity contribution is 0.765. The molecule has 0 aromatic rings. The van der Waals surface area contributed by atoms with E-state index in [0.717, 1.165) is 12.8 Å². The first-order valence-electron chi connectivity index (χ1n) is 2.64. The monoisotopic (exact) mass is 384 g/mol. The second-order valence-corrected chi connectivity index (χ2v) is 9.34. The predicted octanol–water partition coefficient (Wildman–Crippen LogP) is 4.39. The van der Waals surface area contributed by atoms with Gasteiger partial charge < -0.3 is 0 Å². The fraction of sp³-hybridized carbons (Fsp3) is 1.00. The van der Waals surface area contributed by atoms with Gasteiger partial charge >= 0.3 is 0 Å². The third-order valence-electron chi connectivity index (χ3n) is 0.970. The third kappa shape index (κ3) is 6.32. The van der Waals surface area contributed by atoms with Crippen molar-refractivity contribution in [1.29, 1.82) is 0 Å². The van der Waals surface area contributed by atoms with Crippen molar-refractivity contribution >= 4 is 63.7 Å². The van der Waals surface area contributed by atoms with E-state index in [1.54, 1.807) is 0 Å². The van der Waals surface area contributed by atoms with Crippen molar-refractivity contribution in [2.24, 2.45) is 0 Å². The molecule has 0 spiro atoms. The fourth-order valence-electron chi connectivity index (χ4n) is 0.370. The molecule has 0 aromatic heterocycles. The molecule has 0 heterocycles. The van der Waals surface area contributed by atoms with Gasteiger partial charge in [0.15, 0.2) is 0 Å². The highest BCUT2D eigenvalue weighted by Gasteiger charge is 2.22. The zero-order valence-electron chi connectivity index (χ0n) is 5.00. The first kappa shape index (κ1) is 10.9. The molecule has 0 unspecified atom stereocenters. The Hall–Kier alpha value is 1.92. The molecule has 9 heavy (non-hydrogen) atoms. The van der Waals surface area contributed by atoms with E-state index in [2.05, 4.69) is 70.6 Å². The minimum Gasteiger partial charge on any atom is -0.0764 e. The van der Waals surface area contributed by atoms with Gasteiger partial charge in [0, 0.05) is 0 Å². The molecular formula is C5H8Br4. The molecule has 0 aliphatic rings.